The molecule has 0 radical (unpaired) electrons. The largest absolute Gasteiger partial charge is 0.508 e. The number of carbonyl (C=O) groups is 1. The first kappa shape index (κ1) is 12.9. The summed E-state index contributed by atoms with van der Waals surface area (Å²) in [4.78, 5) is 14.3. The summed E-state index contributed by atoms with van der Waals surface area (Å²) in [6, 6.07) is 4.94. The molecule has 3 heteroatoms. The first-order chi connectivity index (χ1) is 8.61. The number of nitrogens with zero attached hydrogens (tertiary/aromatic N) is 1. The van der Waals surface area contributed by atoms with Gasteiger partial charge in [0.2, 0.25) is 0 Å². The number of benzene rings is 1. The summed E-state index contributed by atoms with van der Waals surface area (Å²) < 4.78 is 0. The third-order valence-corrected chi connectivity index (χ3v) is 3.81. The molecular formula is C15H21NO2. The molecule has 0 bridgehead atoms. The van der Waals surface area contributed by atoms with E-state index in [2.05, 4.69) is 0 Å². The van der Waals surface area contributed by atoms with Gasteiger partial charge in [0.1, 0.15) is 5.75 Å². The van der Waals surface area contributed by atoms with E-state index in [1.807, 2.05) is 18.7 Å². The fourth-order valence-corrected chi connectivity index (χ4v) is 2.40. The van der Waals surface area contributed by atoms with Crippen LogP contribution < -0.4 is 0 Å². The lowest BCUT2D eigenvalue weighted by molar-refractivity contribution is 0.0706. The summed E-state index contributed by atoms with van der Waals surface area (Å²) in [6.07, 6.45) is 3.80. The summed E-state index contributed by atoms with van der Waals surface area (Å²) in [5, 5.41) is 9.38. The van der Waals surface area contributed by atoms with Crippen LogP contribution in [-0.2, 0) is 0 Å². The Labute approximate surface area is 108 Å². The smallest absolute Gasteiger partial charge is 0.254 e. The molecule has 0 spiro atoms. The second-order valence-electron chi connectivity index (χ2n) is 5.14. The Kier molecular flexibility index (Phi) is 3.90. The molecule has 1 saturated carbocycles. The molecule has 98 valence electrons. The Balaban J connectivity index is 2.11. The molecule has 0 heterocycles. The monoisotopic (exact) mass is 247 g/mol. The maximum Gasteiger partial charge on any atom is 0.254 e. The Morgan fingerprint density at radius 2 is 2.17 bits per heavy atom. The summed E-state index contributed by atoms with van der Waals surface area (Å²) in [5.41, 5.74) is 1.54. The Bertz CT molecular complexity index is 438. The maximum atomic E-state index is 12.4. The third-order valence-electron chi connectivity index (χ3n) is 3.81. The molecule has 2 rings (SSSR count). The molecule has 0 atom stereocenters. The number of hydrogen-bond donors (Lipinski definition) is 1. The van der Waals surface area contributed by atoms with Gasteiger partial charge in [0, 0.05) is 18.7 Å². The van der Waals surface area contributed by atoms with Crippen molar-refractivity contribution in [1.29, 1.82) is 0 Å². The van der Waals surface area contributed by atoms with Crippen molar-refractivity contribution in [1.82, 2.24) is 4.90 Å². The van der Waals surface area contributed by atoms with Gasteiger partial charge in [-0.15, -0.1) is 0 Å². The molecule has 0 saturated heterocycles. The summed E-state index contributed by atoms with van der Waals surface area (Å²) in [7, 11) is 0. The number of phenols is 1. The summed E-state index contributed by atoms with van der Waals surface area (Å²) >= 11 is 0. The van der Waals surface area contributed by atoms with Crippen molar-refractivity contribution in [3.8, 4) is 5.75 Å². The lowest BCUT2D eigenvalue weighted by Crippen LogP contribution is -2.37. The van der Waals surface area contributed by atoms with E-state index < -0.39 is 0 Å². The normalized spacial score (nSPS) is 15.2. The molecule has 1 aromatic rings. The van der Waals surface area contributed by atoms with Crippen molar-refractivity contribution in [2.75, 3.05) is 13.1 Å². The minimum Gasteiger partial charge on any atom is -0.508 e. The van der Waals surface area contributed by atoms with Crippen molar-refractivity contribution >= 4 is 5.91 Å². The van der Waals surface area contributed by atoms with E-state index in [0.717, 1.165) is 18.7 Å². The van der Waals surface area contributed by atoms with Crippen LogP contribution in [0.3, 0.4) is 0 Å². The van der Waals surface area contributed by atoms with Crippen LogP contribution in [0.4, 0.5) is 0 Å². The summed E-state index contributed by atoms with van der Waals surface area (Å²) in [6.45, 7) is 5.50. The number of amides is 1. The zero-order chi connectivity index (χ0) is 13.1. The number of aromatic hydroxyl groups is 1. The maximum absolute atomic E-state index is 12.4. The van der Waals surface area contributed by atoms with Gasteiger partial charge in [0.15, 0.2) is 0 Å². The van der Waals surface area contributed by atoms with Gasteiger partial charge in [0.05, 0.1) is 0 Å². The SMILES string of the molecule is CCN(CC1CCC1)C(=O)c1ccc(O)cc1C. The molecule has 18 heavy (non-hydrogen) atoms. The molecule has 1 aliphatic carbocycles. The zero-order valence-electron chi connectivity index (χ0n) is 11.1. The molecular weight excluding hydrogens is 226 g/mol. The van der Waals surface area contributed by atoms with Gasteiger partial charge in [-0.05, 0) is 56.4 Å². The number of rotatable bonds is 4. The number of aryl methyl sites for hydroxylation is 1. The minimum atomic E-state index is 0.0851. The van der Waals surface area contributed by atoms with Crippen molar-refractivity contribution < 1.29 is 9.90 Å². The third kappa shape index (κ3) is 2.66. The zero-order valence-corrected chi connectivity index (χ0v) is 11.1. The second-order valence-corrected chi connectivity index (χ2v) is 5.14. The Morgan fingerprint density at radius 3 is 2.67 bits per heavy atom. The van der Waals surface area contributed by atoms with Gasteiger partial charge in [-0.3, -0.25) is 4.79 Å². The average molecular weight is 247 g/mol. The highest BCUT2D eigenvalue weighted by atomic mass is 16.3. The highest BCUT2D eigenvalue weighted by Gasteiger charge is 2.24. The van der Waals surface area contributed by atoms with Crippen LogP contribution in [-0.4, -0.2) is 29.0 Å². The van der Waals surface area contributed by atoms with Crippen LogP contribution >= 0.6 is 0 Å². The van der Waals surface area contributed by atoms with Crippen molar-refractivity contribution in [3.63, 3.8) is 0 Å². The predicted molar refractivity (Wildman–Crippen MR) is 71.8 cm³/mol. The molecule has 1 fully saturated rings. The highest BCUT2D eigenvalue weighted by molar-refractivity contribution is 5.95. The minimum absolute atomic E-state index is 0.0851. The lowest BCUT2D eigenvalue weighted by Gasteiger charge is -2.32. The van der Waals surface area contributed by atoms with Gasteiger partial charge in [-0.25, -0.2) is 0 Å². The lowest BCUT2D eigenvalue weighted by atomic mass is 9.85. The molecule has 1 amide bonds. The van der Waals surface area contributed by atoms with Crippen LogP contribution in [0.2, 0.25) is 0 Å². The van der Waals surface area contributed by atoms with E-state index >= 15 is 0 Å². The number of phenolic OH excluding ortho intramolecular Hbond substituents is 1. The molecule has 3 nitrogen and oxygen atoms in total. The quantitative estimate of drug-likeness (QED) is 0.888. The van der Waals surface area contributed by atoms with Gasteiger partial charge >= 0.3 is 0 Å². The first-order valence-electron chi connectivity index (χ1n) is 6.70. The van der Waals surface area contributed by atoms with Crippen molar-refractivity contribution in [2.24, 2.45) is 5.92 Å². The van der Waals surface area contributed by atoms with Crippen molar-refractivity contribution in [3.05, 3.63) is 29.3 Å². The fourth-order valence-electron chi connectivity index (χ4n) is 2.40. The standard InChI is InChI=1S/C15H21NO2/c1-3-16(10-12-5-4-6-12)15(18)14-8-7-13(17)9-11(14)2/h7-9,12,17H,3-6,10H2,1-2H3. The first-order valence-corrected chi connectivity index (χ1v) is 6.70. The van der Waals surface area contributed by atoms with E-state index in [4.69, 9.17) is 0 Å². The Morgan fingerprint density at radius 1 is 1.44 bits per heavy atom. The van der Waals surface area contributed by atoms with Crippen molar-refractivity contribution in [2.45, 2.75) is 33.1 Å². The molecule has 1 N–H and O–H groups in total. The van der Waals surface area contributed by atoms with E-state index in [0.29, 0.717) is 11.5 Å². The summed E-state index contributed by atoms with van der Waals surface area (Å²) in [5.74, 6) is 0.985. The van der Waals surface area contributed by atoms with Crippen LogP contribution in [0.15, 0.2) is 18.2 Å². The predicted octanol–water partition coefficient (Wildman–Crippen LogP) is 2.96. The van der Waals surface area contributed by atoms with E-state index in [1.165, 1.54) is 19.3 Å². The molecule has 0 aliphatic heterocycles. The van der Waals surface area contributed by atoms with Crippen LogP contribution in [0.25, 0.3) is 0 Å². The molecule has 0 aromatic heterocycles. The van der Waals surface area contributed by atoms with Crippen LogP contribution in [0.1, 0.15) is 42.1 Å². The highest BCUT2D eigenvalue weighted by Crippen LogP contribution is 2.28. The van der Waals surface area contributed by atoms with Gasteiger partial charge in [0.25, 0.3) is 5.91 Å². The molecule has 1 aromatic carbocycles. The topological polar surface area (TPSA) is 40.5 Å². The van der Waals surface area contributed by atoms with Crippen LogP contribution in [0, 0.1) is 12.8 Å². The molecule has 1 aliphatic rings. The van der Waals surface area contributed by atoms with Gasteiger partial charge < -0.3 is 10.0 Å². The van der Waals surface area contributed by atoms with Gasteiger partial charge in [-0.2, -0.15) is 0 Å². The fraction of sp³-hybridized carbons (Fsp3) is 0.533. The van der Waals surface area contributed by atoms with Crippen LogP contribution in [0.5, 0.6) is 5.75 Å². The average Bonchev–Trinajstić information content (AvgIpc) is 2.27. The Hall–Kier alpha value is -1.51. The second kappa shape index (κ2) is 5.42. The van der Waals surface area contributed by atoms with Gasteiger partial charge in [-0.1, -0.05) is 6.42 Å². The number of hydrogen-bond acceptors (Lipinski definition) is 2. The van der Waals surface area contributed by atoms with E-state index in [-0.39, 0.29) is 11.7 Å². The van der Waals surface area contributed by atoms with E-state index in [9.17, 15) is 9.90 Å². The van der Waals surface area contributed by atoms with E-state index in [1.54, 1.807) is 18.2 Å². The number of carbonyl (C=O) groups excluding carboxylic acids is 1. The molecule has 0 unspecified atom stereocenters.